The zero-order valence-electron chi connectivity index (χ0n) is 34.6. The van der Waals surface area contributed by atoms with Crippen molar-refractivity contribution in [2.45, 2.75) is 104 Å². The van der Waals surface area contributed by atoms with Crippen LogP contribution < -0.4 is 15.1 Å². The predicted molar refractivity (Wildman–Crippen MR) is 217 cm³/mol. The molecule has 0 aliphatic carbocycles. The van der Waals surface area contributed by atoms with Gasteiger partial charge in [0, 0.05) is 74.8 Å². The SMILES string of the molecule is Cc1ccc(CN(C)C2(C)CCN(C(=O)OC(C)(C)C)CC2)c(N2CCOCC2)c1.Cc1ccc(CN(C)C2(C)CCNCC2)c(N2CCOCC2)c1. The summed E-state index contributed by atoms with van der Waals surface area (Å²) in [4.78, 5) is 24.2. The molecule has 0 saturated carbocycles. The molecule has 4 heterocycles. The monoisotopic (exact) mass is 735 g/mol. The predicted octanol–water partition coefficient (Wildman–Crippen LogP) is 6.46. The number of ether oxygens (including phenoxy) is 3. The van der Waals surface area contributed by atoms with E-state index in [4.69, 9.17) is 14.2 Å². The van der Waals surface area contributed by atoms with Gasteiger partial charge in [0.15, 0.2) is 0 Å². The van der Waals surface area contributed by atoms with Crippen molar-refractivity contribution in [1.29, 1.82) is 0 Å². The number of aryl methyl sites for hydroxylation is 2. The molecule has 2 aromatic rings. The van der Waals surface area contributed by atoms with Gasteiger partial charge < -0.3 is 34.2 Å². The van der Waals surface area contributed by atoms with Gasteiger partial charge in [-0.2, -0.15) is 0 Å². The first kappa shape index (κ1) is 41.3. The van der Waals surface area contributed by atoms with E-state index in [-0.39, 0.29) is 11.6 Å². The van der Waals surface area contributed by atoms with Crippen molar-refractivity contribution in [2.24, 2.45) is 0 Å². The minimum Gasteiger partial charge on any atom is -0.444 e. The summed E-state index contributed by atoms with van der Waals surface area (Å²) < 4.78 is 16.6. The summed E-state index contributed by atoms with van der Waals surface area (Å²) in [7, 11) is 4.50. The first-order valence-electron chi connectivity index (χ1n) is 20.1. The maximum atomic E-state index is 12.4. The summed E-state index contributed by atoms with van der Waals surface area (Å²) in [6.07, 6.45) is 4.15. The Morgan fingerprint density at radius 3 is 1.55 bits per heavy atom. The van der Waals surface area contributed by atoms with Crippen LogP contribution in [0.2, 0.25) is 0 Å². The zero-order chi connectivity index (χ0) is 38.2. The Kier molecular flexibility index (Phi) is 14.1. The van der Waals surface area contributed by atoms with Crippen molar-refractivity contribution in [3.8, 4) is 0 Å². The number of likely N-dealkylation sites (tertiary alicyclic amines) is 1. The molecular formula is C43H70N6O4. The number of nitrogens with one attached hydrogen (secondary N) is 1. The second-order valence-corrected chi connectivity index (χ2v) is 17.4. The van der Waals surface area contributed by atoms with Gasteiger partial charge in [-0.15, -0.1) is 0 Å². The second-order valence-electron chi connectivity index (χ2n) is 17.4. The highest BCUT2D eigenvalue weighted by Gasteiger charge is 2.37. The highest BCUT2D eigenvalue weighted by molar-refractivity contribution is 5.68. The molecule has 10 heteroatoms. The number of morpholine rings is 2. The van der Waals surface area contributed by atoms with Crippen molar-refractivity contribution in [1.82, 2.24) is 20.0 Å². The van der Waals surface area contributed by atoms with E-state index in [1.165, 1.54) is 46.5 Å². The van der Waals surface area contributed by atoms with E-state index in [1.54, 1.807) is 0 Å². The van der Waals surface area contributed by atoms with Crippen LogP contribution in [-0.4, -0.2) is 130 Å². The van der Waals surface area contributed by atoms with E-state index in [2.05, 4.69) is 103 Å². The number of hydrogen-bond donors (Lipinski definition) is 1. The van der Waals surface area contributed by atoms with Crippen LogP contribution in [0.3, 0.4) is 0 Å². The fourth-order valence-electron chi connectivity index (χ4n) is 7.93. The molecule has 4 aliphatic heterocycles. The minimum atomic E-state index is -0.448. The molecule has 2 aromatic carbocycles. The van der Waals surface area contributed by atoms with Crippen LogP contribution >= 0.6 is 0 Å². The Balaban J connectivity index is 0.000000211. The molecule has 0 spiro atoms. The lowest BCUT2D eigenvalue weighted by molar-refractivity contribution is 0.00172. The molecule has 0 atom stereocenters. The highest BCUT2D eigenvalue weighted by Crippen LogP contribution is 2.33. The average Bonchev–Trinajstić information content (AvgIpc) is 3.14. The molecule has 0 aromatic heterocycles. The molecule has 0 unspecified atom stereocenters. The van der Waals surface area contributed by atoms with Crippen molar-refractivity contribution in [3.63, 3.8) is 0 Å². The molecule has 53 heavy (non-hydrogen) atoms. The fourth-order valence-corrected chi connectivity index (χ4v) is 7.93. The molecule has 1 N–H and O–H groups in total. The molecule has 0 radical (unpaired) electrons. The number of rotatable bonds is 8. The van der Waals surface area contributed by atoms with Gasteiger partial charge in [-0.05, 0) is 136 Å². The van der Waals surface area contributed by atoms with Gasteiger partial charge in [-0.3, -0.25) is 9.80 Å². The normalized spacial score (nSPS) is 20.6. The number of piperidine rings is 2. The van der Waals surface area contributed by atoms with E-state index in [9.17, 15) is 4.79 Å². The lowest BCUT2D eigenvalue weighted by atomic mass is 9.87. The Hall–Kier alpha value is -2.89. The van der Waals surface area contributed by atoms with Crippen molar-refractivity contribution >= 4 is 17.5 Å². The summed E-state index contributed by atoms with van der Waals surface area (Å²) in [5.41, 5.74) is 8.09. The number of carbonyl (C=O) groups is 1. The third-order valence-corrected chi connectivity index (χ3v) is 12.0. The number of carbonyl (C=O) groups excluding carboxylic acids is 1. The van der Waals surface area contributed by atoms with Crippen molar-refractivity contribution in [3.05, 3.63) is 58.7 Å². The third-order valence-electron chi connectivity index (χ3n) is 12.0. The quantitative estimate of drug-likeness (QED) is 0.329. The van der Waals surface area contributed by atoms with Gasteiger partial charge >= 0.3 is 6.09 Å². The maximum Gasteiger partial charge on any atom is 0.410 e. The molecular weight excluding hydrogens is 665 g/mol. The van der Waals surface area contributed by atoms with Gasteiger partial charge in [0.2, 0.25) is 0 Å². The van der Waals surface area contributed by atoms with Crippen LogP contribution in [0.25, 0.3) is 0 Å². The minimum absolute atomic E-state index is 0.0612. The van der Waals surface area contributed by atoms with E-state index >= 15 is 0 Å². The lowest BCUT2D eigenvalue weighted by Crippen LogP contribution is -2.53. The maximum absolute atomic E-state index is 12.4. The van der Waals surface area contributed by atoms with Crippen LogP contribution in [-0.2, 0) is 27.3 Å². The van der Waals surface area contributed by atoms with Gasteiger partial charge in [0.1, 0.15) is 5.60 Å². The summed E-state index contributed by atoms with van der Waals surface area (Å²) in [6.45, 7) is 27.6. The molecule has 4 fully saturated rings. The molecule has 10 nitrogen and oxygen atoms in total. The van der Waals surface area contributed by atoms with E-state index in [0.717, 1.165) is 105 Å². The summed E-state index contributed by atoms with van der Waals surface area (Å²) >= 11 is 0. The number of amides is 1. The molecule has 1 amide bonds. The number of nitrogens with zero attached hydrogens (tertiary/aromatic N) is 5. The first-order chi connectivity index (χ1) is 25.2. The van der Waals surface area contributed by atoms with Crippen LogP contribution in [0.4, 0.5) is 16.2 Å². The number of benzene rings is 2. The molecule has 4 aliphatic rings. The lowest BCUT2D eigenvalue weighted by Gasteiger charge is -2.45. The Labute approximate surface area is 321 Å². The smallest absolute Gasteiger partial charge is 0.410 e. The Morgan fingerprint density at radius 2 is 1.13 bits per heavy atom. The van der Waals surface area contributed by atoms with Gasteiger partial charge in [-0.25, -0.2) is 4.79 Å². The Bertz CT molecular complexity index is 1470. The molecule has 4 saturated heterocycles. The van der Waals surface area contributed by atoms with Crippen LogP contribution in [0.15, 0.2) is 36.4 Å². The van der Waals surface area contributed by atoms with Crippen LogP contribution in [0.5, 0.6) is 0 Å². The second kappa shape index (κ2) is 18.2. The van der Waals surface area contributed by atoms with Crippen LogP contribution in [0.1, 0.15) is 82.6 Å². The zero-order valence-corrected chi connectivity index (χ0v) is 34.6. The molecule has 296 valence electrons. The third kappa shape index (κ3) is 11.3. The fraction of sp³-hybridized carbons (Fsp3) is 0.698. The van der Waals surface area contributed by atoms with Gasteiger partial charge in [-0.1, -0.05) is 24.3 Å². The highest BCUT2D eigenvalue weighted by atomic mass is 16.6. The van der Waals surface area contributed by atoms with E-state index in [1.807, 2.05) is 25.7 Å². The number of anilines is 2. The largest absolute Gasteiger partial charge is 0.444 e. The summed E-state index contributed by atoms with van der Waals surface area (Å²) in [5.74, 6) is 0. The Morgan fingerprint density at radius 1 is 0.717 bits per heavy atom. The van der Waals surface area contributed by atoms with Crippen LogP contribution in [0, 0.1) is 13.8 Å². The van der Waals surface area contributed by atoms with E-state index in [0.29, 0.717) is 5.54 Å². The van der Waals surface area contributed by atoms with E-state index < -0.39 is 5.60 Å². The average molecular weight is 735 g/mol. The first-order valence-corrected chi connectivity index (χ1v) is 20.1. The van der Waals surface area contributed by atoms with Crippen molar-refractivity contribution < 1.29 is 19.0 Å². The summed E-state index contributed by atoms with van der Waals surface area (Å²) in [6, 6.07) is 13.7. The number of hydrogen-bond acceptors (Lipinski definition) is 9. The molecule has 0 bridgehead atoms. The van der Waals surface area contributed by atoms with Crippen molar-refractivity contribution in [2.75, 3.05) is 103 Å². The summed E-state index contributed by atoms with van der Waals surface area (Å²) in [5, 5.41) is 3.48. The standard InChI is InChI=1S/C24H39N3O3.C19H31N3O/c1-19-7-8-20(21(17-19)26-13-15-29-16-14-26)18-25(6)24(5)9-11-27(12-10-24)22(28)30-23(2,3)4;1-16-4-5-17(18(14-16)22-10-12-23-13-11-22)15-21(3)19(2)6-8-20-9-7-19/h7-8,17H,9-16,18H2,1-6H3;4-5,14,20H,6-13,15H2,1-3H3. The molecule has 6 rings (SSSR count). The van der Waals surface area contributed by atoms with Gasteiger partial charge in [0.05, 0.1) is 26.4 Å². The topological polar surface area (TPSA) is 73.0 Å². The van der Waals surface area contributed by atoms with Gasteiger partial charge in [0.25, 0.3) is 0 Å².